The Bertz CT molecular complexity index is 785. The maximum Gasteiger partial charge on any atom is 0.421 e. The molecule has 128 valence electrons. The average molecular weight is 352 g/mol. The topological polar surface area (TPSA) is 85.2 Å². The van der Waals surface area contributed by atoms with Crippen LogP contribution in [-0.2, 0) is 27.4 Å². The van der Waals surface area contributed by atoms with Crippen molar-refractivity contribution in [3.63, 3.8) is 0 Å². The van der Waals surface area contributed by atoms with Gasteiger partial charge in [-0.1, -0.05) is 0 Å². The van der Waals surface area contributed by atoms with Gasteiger partial charge in [-0.25, -0.2) is 8.42 Å². The zero-order valence-electron chi connectivity index (χ0n) is 12.2. The highest BCUT2D eigenvalue weighted by molar-refractivity contribution is 7.91. The molecule has 23 heavy (non-hydrogen) atoms. The van der Waals surface area contributed by atoms with Crippen LogP contribution in [0, 0.1) is 0 Å². The van der Waals surface area contributed by atoms with Gasteiger partial charge in [-0.05, 0) is 25.5 Å². The minimum atomic E-state index is -4.80. The molecule has 1 fully saturated rings. The Kier molecular flexibility index (Phi) is 4.31. The third kappa shape index (κ3) is 4.12. The second kappa shape index (κ2) is 5.66. The van der Waals surface area contributed by atoms with Crippen LogP contribution in [0.1, 0.15) is 18.9 Å². The first-order chi connectivity index (χ1) is 10.4. The molecule has 0 bridgehead atoms. The van der Waals surface area contributed by atoms with Crippen molar-refractivity contribution < 1.29 is 26.4 Å². The Morgan fingerprint density at radius 3 is 2.61 bits per heavy atom. The van der Waals surface area contributed by atoms with Gasteiger partial charge in [0.2, 0.25) is 5.91 Å². The molecule has 2 heterocycles. The maximum atomic E-state index is 12.7. The second-order valence-electron chi connectivity index (χ2n) is 5.80. The van der Waals surface area contributed by atoms with Crippen LogP contribution < -0.4 is 10.9 Å². The molecule has 0 aliphatic carbocycles. The lowest BCUT2D eigenvalue weighted by atomic mass is 10.0. The fraction of sp³-hybridized carbons (Fsp3) is 0.538. The van der Waals surface area contributed by atoms with Gasteiger partial charge in [0.25, 0.3) is 5.56 Å². The van der Waals surface area contributed by atoms with E-state index in [2.05, 4.69) is 5.32 Å². The van der Waals surface area contributed by atoms with Crippen LogP contribution in [0.15, 0.2) is 23.1 Å². The standard InChI is InChI=1S/C13H15F3N2O4S/c1-12(4-6-23(21,22)8-12)17-10(19)7-18-5-2-3-9(11(18)20)13(14,15)16/h2-3,5H,4,6-8H2,1H3,(H,17,19). The summed E-state index contributed by atoms with van der Waals surface area (Å²) in [6.45, 7) is 0.933. The number of alkyl halides is 3. The van der Waals surface area contributed by atoms with Gasteiger partial charge in [0.05, 0.1) is 17.0 Å². The summed E-state index contributed by atoms with van der Waals surface area (Å²) in [6.07, 6.45) is -3.51. The van der Waals surface area contributed by atoms with Crippen molar-refractivity contribution in [3.8, 4) is 0 Å². The lowest BCUT2D eigenvalue weighted by Gasteiger charge is -2.24. The lowest BCUT2D eigenvalue weighted by Crippen LogP contribution is -2.48. The number of carbonyl (C=O) groups excluding carboxylic acids is 1. The van der Waals surface area contributed by atoms with Crippen molar-refractivity contribution in [2.24, 2.45) is 0 Å². The predicted octanol–water partition coefficient (Wildman–Crippen LogP) is 0.560. The van der Waals surface area contributed by atoms with Crippen molar-refractivity contribution in [2.75, 3.05) is 11.5 Å². The fourth-order valence-electron chi connectivity index (χ4n) is 2.52. The van der Waals surface area contributed by atoms with E-state index in [9.17, 15) is 31.2 Å². The maximum absolute atomic E-state index is 12.7. The Hall–Kier alpha value is -1.84. The summed E-state index contributed by atoms with van der Waals surface area (Å²) in [7, 11) is -3.24. The molecule has 1 atom stereocenters. The van der Waals surface area contributed by atoms with Crippen LogP contribution in [0.4, 0.5) is 13.2 Å². The van der Waals surface area contributed by atoms with Gasteiger partial charge in [0.15, 0.2) is 9.84 Å². The number of hydrogen-bond acceptors (Lipinski definition) is 4. The normalized spacial score (nSPS) is 23.7. The van der Waals surface area contributed by atoms with Gasteiger partial charge in [-0.3, -0.25) is 9.59 Å². The van der Waals surface area contributed by atoms with E-state index < -0.39 is 45.1 Å². The molecule has 1 aliphatic rings. The number of hydrogen-bond donors (Lipinski definition) is 1. The molecule has 10 heteroatoms. The molecule has 1 unspecified atom stereocenters. The molecule has 0 saturated carbocycles. The van der Waals surface area contributed by atoms with E-state index in [0.717, 1.165) is 12.3 Å². The molecule has 6 nitrogen and oxygen atoms in total. The first-order valence-corrected chi connectivity index (χ1v) is 8.52. The van der Waals surface area contributed by atoms with E-state index >= 15 is 0 Å². The van der Waals surface area contributed by atoms with Crippen molar-refractivity contribution in [3.05, 3.63) is 34.2 Å². The Balaban J connectivity index is 2.15. The summed E-state index contributed by atoms with van der Waals surface area (Å²) in [6, 6.07) is 1.67. The van der Waals surface area contributed by atoms with Gasteiger partial charge >= 0.3 is 6.18 Å². The van der Waals surface area contributed by atoms with Gasteiger partial charge in [-0.2, -0.15) is 13.2 Å². The zero-order chi connectivity index (χ0) is 17.5. The second-order valence-corrected chi connectivity index (χ2v) is 7.99. The molecule has 2 rings (SSSR count). The van der Waals surface area contributed by atoms with Crippen LogP contribution in [0.5, 0.6) is 0 Å². The van der Waals surface area contributed by atoms with E-state index in [1.54, 1.807) is 6.92 Å². The number of aromatic nitrogens is 1. The Morgan fingerprint density at radius 2 is 2.09 bits per heavy atom. The first kappa shape index (κ1) is 17.5. The lowest BCUT2D eigenvalue weighted by molar-refractivity contribution is -0.139. The van der Waals surface area contributed by atoms with E-state index in [1.807, 2.05) is 0 Å². The van der Waals surface area contributed by atoms with Crippen molar-refractivity contribution in [1.29, 1.82) is 0 Å². The predicted molar refractivity (Wildman–Crippen MR) is 75.5 cm³/mol. The number of nitrogens with zero attached hydrogens (tertiary/aromatic N) is 1. The van der Waals surface area contributed by atoms with Gasteiger partial charge in [0.1, 0.15) is 12.1 Å². The molecule has 1 N–H and O–H groups in total. The summed E-state index contributed by atoms with van der Waals surface area (Å²) in [4.78, 5) is 23.7. The number of nitrogens with one attached hydrogen (secondary N) is 1. The van der Waals surface area contributed by atoms with Crippen molar-refractivity contribution >= 4 is 15.7 Å². The zero-order valence-corrected chi connectivity index (χ0v) is 13.0. The van der Waals surface area contributed by atoms with Crippen molar-refractivity contribution in [2.45, 2.75) is 31.6 Å². The number of carbonyl (C=O) groups is 1. The van der Waals surface area contributed by atoms with Crippen LogP contribution >= 0.6 is 0 Å². The molecular formula is C13H15F3N2O4S. The summed E-state index contributed by atoms with van der Waals surface area (Å²) in [5, 5.41) is 2.49. The van der Waals surface area contributed by atoms with E-state index in [-0.39, 0.29) is 17.9 Å². The Labute approximate surface area is 130 Å². The minimum absolute atomic E-state index is 0.0622. The molecule has 1 aromatic rings. The van der Waals surface area contributed by atoms with E-state index in [1.165, 1.54) is 0 Å². The minimum Gasteiger partial charge on any atom is -0.348 e. The quantitative estimate of drug-likeness (QED) is 0.861. The third-order valence-corrected chi connectivity index (χ3v) is 5.49. The highest BCUT2D eigenvalue weighted by Crippen LogP contribution is 2.26. The molecule has 1 amide bonds. The van der Waals surface area contributed by atoms with Crippen LogP contribution in [0.2, 0.25) is 0 Å². The molecule has 0 radical (unpaired) electrons. The molecular weight excluding hydrogens is 337 g/mol. The highest BCUT2D eigenvalue weighted by Gasteiger charge is 2.39. The van der Waals surface area contributed by atoms with E-state index in [0.29, 0.717) is 10.6 Å². The monoisotopic (exact) mass is 352 g/mol. The molecule has 1 aliphatic heterocycles. The number of amides is 1. The number of sulfone groups is 1. The third-order valence-electron chi connectivity index (χ3n) is 3.58. The number of rotatable bonds is 3. The first-order valence-electron chi connectivity index (χ1n) is 6.70. The number of pyridine rings is 1. The van der Waals surface area contributed by atoms with Crippen LogP contribution in [0.3, 0.4) is 0 Å². The largest absolute Gasteiger partial charge is 0.421 e. The van der Waals surface area contributed by atoms with Gasteiger partial charge < -0.3 is 9.88 Å². The smallest absolute Gasteiger partial charge is 0.348 e. The summed E-state index contributed by atoms with van der Waals surface area (Å²) >= 11 is 0. The SMILES string of the molecule is CC1(NC(=O)Cn2cccc(C(F)(F)F)c2=O)CCS(=O)(=O)C1. The van der Waals surface area contributed by atoms with Gasteiger partial charge in [-0.15, -0.1) is 0 Å². The Morgan fingerprint density at radius 1 is 1.43 bits per heavy atom. The van der Waals surface area contributed by atoms with Crippen LogP contribution in [0.25, 0.3) is 0 Å². The summed E-state index contributed by atoms with van der Waals surface area (Å²) in [5.74, 6) is -1.01. The van der Waals surface area contributed by atoms with Crippen molar-refractivity contribution in [1.82, 2.24) is 9.88 Å². The summed E-state index contributed by atoms with van der Waals surface area (Å²) < 4.78 is 61.5. The molecule has 1 aromatic heterocycles. The van der Waals surface area contributed by atoms with Gasteiger partial charge in [0, 0.05) is 6.20 Å². The molecule has 0 aromatic carbocycles. The average Bonchev–Trinajstić information content (AvgIpc) is 2.64. The molecule has 0 spiro atoms. The number of halogens is 3. The summed E-state index contributed by atoms with van der Waals surface area (Å²) in [5.41, 5.74) is -3.65. The fourth-order valence-corrected chi connectivity index (χ4v) is 4.61. The van der Waals surface area contributed by atoms with E-state index in [4.69, 9.17) is 0 Å². The molecule has 1 saturated heterocycles. The van der Waals surface area contributed by atoms with Crippen LogP contribution in [-0.4, -0.2) is 35.9 Å². The highest BCUT2D eigenvalue weighted by atomic mass is 32.2.